The second-order valence-electron chi connectivity index (χ2n) is 6.27. The highest BCUT2D eigenvalue weighted by molar-refractivity contribution is 5.87. The van der Waals surface area contributed by atoms with Crippen molar-refractivity contribution in [3.8, 4) is 0 Å². The van der Waals surface area contributed by atoms with Gasteiger partial charge in [-0.15, -0.1) is 0 Å². The summed E-state index contributed by atoms with van der Waals surface area (Å²) in [6, 6.07) is 9.59. The van der Waals surface area contributed by atoms with Gasteiger partial charge in [-0.2, -0.15) is 0 Å². The van der Waals surface area contributed by atoms with Crippen LogP contribution in [0.15, 0.2) is 30.3 Å². The van der Waals surface area contributed by atoms with Crippen LogP contribution in [0.4, 0.5) is 0 Å². The third-order valence-corrected chi connectivity index (χ3v) is 3.83. The Labute approximate surface area is 140 Å². The predicted octanol–water partition coefficient (Wildman–Crippen LogP) is 3.07. The zero-order valence-electron chi connectivity index (χ0n) is 14.6. The molecule has 0 aliphatic rings. The van der Waals surface area contributed by atoms with Gasteiger partial charge in [-0.25, -0.2) is 0 Å². The highest BCUT2D eigenvalue weighted by atomic mass is 16.2. The van der Waals surface area contributed by atoms with Crippen molar-refractivity contribution in [1.82, 2.24) is 10.6 Å². The van der Waals surface area contributed by atoms with E-state index in [9.17, 15) is 9.59 Å². The molecule has 1 atom stereocenters. The summed E-state index contributed by atoms with van der Waals surface area (Å²) < 4.78 is 0. The van der Waals surface area contributed by atoms with Gasteiger partial charge in [0.1, 0.15) is 6.04 Å². The largest absolute Gasteiger partial charge is 0.354 e. The van der Waals surface area contributed by atoms with E-state index in [1.165, 1.54) is 5.56 Å². The van der Waals surface area contributed by atoms with E-state index in [1.807, 2.05) is 44.2 Å². The first-order valence-corrected chi connectivity index (χ1v) is 8.65. The van der Waals surface area contributed by atoms with Crippen LogP contribution in [0.1, 0.15) is 52.0 Å². The van der Waals surface area contributed by atoms with E-state index in [-0.39, 0.29) is 17.7 Å². The third-order valence-electron chi connectivity index (χ3n) is 3.83. The Morgan fingerprint density at radius 3 is 2.39 bits per heavy atom. The van der Waals surface area contributed by atoms with Crippen LogP contribution in [0.5, 0.6) is 0 Å². The molecule has 2 N–H and O–H groups in total. The van der Waals surface area contributed by atoms with E-state index >= 15 is 0 Å². The minimum Gasteiger partial charge on any atom is -0.354 e. The molecule has 1 rings (SSSR count). The number of rotatable bonds is 10. The van der Waals surface area contributed by atoms with Crippen LogP contribution in [0.2, 0.25) is 0 Å². The summed E-state index contributed by atoms with van der Waals surface area (Å²) in [5.41, 5.74) is 1.19. The van der Waals surface area contributed by atoms with Crippen LogP contribution in [0, 0.1) is 5.92 Å². The SMILES string of the molecule is CCCCCC(=O)N[C@H](C(=O)NCCc1ccccc1)C(C)C. The molecule has 0 radical (unpaired) electrons. The number of nitrogens with one attached hydrogen (secondary N) is 2. The fraction of sp³-hybridized carbons (Fsp3) is 0.579. The summed E-state index contributed by atoms with van der Waals surface area (Å²) in [6.07, 6.45) is 4.29. The molecule has 4 heteroatoms. The van der Waals surface area contributed by atoms with E-state index in [0.29, 0.717) is 13.0 Å². The third kappa shape index (κ3) is 7.82. The minimum atomic E-state index is -0.458. The van der Waals surface area contributed by atoms with Crippen LogP contribution in [-0.4, -0.2) is 24.4 Å². The first-order chi connectivity index (χ1) is 11.0. The Hall–Kier alpha value is -1.84. The molecule has 23 heavy (non-hydrogen) atoms. The zero-order chi connectivity index (χ0) is 17.1. The highest BCUT2D eigenvalue weighted by Gasteiger charge is 2.23. The summed E-state index contributed by atoms with van der Waals surface area (Å²) in [5.74, 6) is -0.0583. The van der Waals surface area contributed by atoms with E-state index in [1.54, 1.807) is 0 Å². The molecule has 1 aromatic carbocycles. The van der Waals surface area contributed by atoms with E-state index in [2.05, 4.69) is 17.6 Å². The molecule has 0 heterocycles. The summed E-state index contributed by atoms with van der Waals surface area (Å²) >= 11 is 0. The summed E-state index contributed by atoms with van der Waals surface area (Å²) in [7, 11) is 0. The fourth-order valence-corrected chi connectivity index (χ4v) is 2.40. The predicted molar refractivity (Wildman–Crippen MR) is 94.1 cm³/mol. The molecular formula is C19H30N2O2. The Morgan fingerprint density at radius 2 is 1.78 bits per heavy atom. The second-order valence-corrected chi connectivity index (χ2v) is 6.27. The van der Waals surface area contributed by atoms with Crippen LogP contribution in [0.25, 0.3) is 0 Å². The van der Waals surface area contributed by atoms with Gasteiger partial charge in [0, 0.05) is 13.0 Å². The van der Waals surface area contributed by atoms with Crippen molar-refractivity contribution in [3.05, 3.63) is 35.9 Å². The molecule has 0 fully saturated rings. The normalized spacial score (nSPS) is 12.0. The number of unbranched alkanes of at least 4 members (excludes halogenated alkanes) is 2. The van der Waals surface area contributed by atoms with E-state index < -0.39 is 6.04 Å². The summed E-state index contributed by atoms with van der Waals surface area (Å²) in [5, 5.41) is 5.80. The van der Waals surface area contributed by atoms with Gasteiger partial charge in [0.05, 0.1) is 0 Å². The lowest BCUT2D eigenvalue weighted by molar-refractivity contribution is -0.130. The van der Waals surface area contributed by atoms with Gasteiger partial charge in [-0.3, -0.25) is 9.59 Å². The van der Waals surface area contributed by atoms with Crippen molar-refractivity contribution >= 4 is 11.8 Å². The Kier molecular flexibility index (Phi) is 9.03. The lowest BCUT2D eigenvalue weighted by Crippen LogP contribution is -2.50. The smallest absolute Gasteiger partial charge is 0.242 e. The average Bonchev–Trinajstić information content (AvgIpc) is 2.53. The van der Waals surface area contributed by atoms with E-state index in [4.69, 9.17) is 0 Å². The van der Waals surface area contributed by atoms with Crippen molar-refractivity contribution in [2.75, 3.05) is 6.54 Å². The van der Waals surface area contributed by atoms with Crippen LogP contribution < -0.4 is 10.6 Å². The van der Waals surface area contributed by atoms with Gasteiger partial charge in [-0.1, -0.05) is 63.9 Å². The first kappa shape index (κ1) is 19.2. The van der Waals surface area contributed by atoms with Crippen LogP contribution >= 0.6 is 0 Å². The maximum Gasteiger partial charge on any atom is 0.242 e. The molecule has 0 bridgehead atoms. The monoisotopic (exact) mass is 318 g/mol. The highest BCUT2D eigenvalue weighted by Crippen LogP contribution is 2.05. The van der Waals surface area contributed by atoms with Crippen molar-refractivity contribution in [2.45, 2.75) is 58.9 Å². The standard InChI is InChI=1S/C19H30N2O2/c1-4-5-7-12-17(22)21-18(15(2)3)19(23)20-14-13-16-10-8-6-9-11-16/h6,8-11,15,18H,4-5,7,12-14H2,1-3H3,(H,20,23)(H,21,22)/t18-/m0/s1. The molecule has 0 aliphatic carbocycles. The van der Waals surface area contributed by atoms with Gasteiger partial charge < -0.3 is 10.6 Å². The number of amides is 2. The molecule has 0 saturated carbocycles. The summed E-state index contributed by atoms with van der Waals surface area (Å²) in [6.45, 7) is 6.59. The van der Waals surface area contributed by atoms with Gasteiger partial charge in [0.15, 0.2) is 0 Å². The fourth-order valence-electron chi connectivity index (χ4n) is 2.40. The van der Waals surface area contributed by atoms with Gasteiger partial charge in [0.25, 0.3) is 0 Å². The first-order valence-electron chi connectivity index (χ1n) is 8.65. The van der Waals surface area contributed by atoms with Crippen molar-refractivity contribution in [1.29, 1.82) is 0 Å². The second kappa shape index (κ2) is 10.8. The molecule has 0 saturated heterocycles. The number of carbonyl (C=O) groups is 2. The molecule has 0 unspecified atom stereocenters. The topological polar surface area (TPSA) is 58.2 Å². The lowest BCUT2D eigenvalue weighted by atomic mass is 10.0. The lowest BCUT2D eigenvalue weighted by Gasteiger charge is -2.21. The Balaban J connectivity index is 2.40. The zero-order valence-corrected chi connectivity index (χ0v) is 14.6. The number of hydrogen-bond donors (Lipinski definition) is 2. The summed E-state index contributed by atoms with van der Waals surface area (Å²) in [4.78, 5) is 24.3. The van der Waals surface area contributed by atoms with Crippen LogP contribution in [-0.2, 0) is 16.0 Å². The average molecular weight is 318 g/mol. The van der Waals surface area contributed by atoms with Gasteiger partial charge in [0.2, 0.25) is 11.8 Å². The molecule has 1 aromatic rings. The quantitative estimate of drug-likeness (QED) is 0.651. The molecule has 2 amide bonds. The number of hydrogen-bond acceptors (Lipinski definition) is 2. The van der Waals surface area contributed by atoms with Crippen molar-refractivity contribution < 1.29 is 9.59 Å². The number of carbonyl (C=O) groups excluding carboxylic acids is 2. The van der Waals surface area contributed by atoms with Crippen molar-refractivity contribution in [3.63, 3.8) is 0 Å². The Bertz CT molecular complexity index is 472. The van der Waals surface area contributed by atoms with E-state index in [0.717, 1.165) is 25.7 Å². The molecule has 4 nitrogen and oxygen atoms in total. The van der Waals surface area contributed by atoms with Gasteiger partial charge in [-0.05, 0) is 24.3 Å². The molecule has 0 aromatic heterocycles. The Morgan fingerprint density at radius 1 is 1.09 bits per heavy atom. The maximum atomic E-state index is 12.3. The maximum absolute atomic E-state index is 12.3. The van der Waals surface area contributed by atoms with Gasteiger partial charge >= 0.3 is 0 Å². The van der Waals surface area contributed by atoms with Crippen LogP contribution in [0.3, 0.4) is 0 Å². The number of benzene rings is 1. The minimum absolute atomic E-state index is 0.0321. The van der Waals surface area contributed by atoms with Crippen molar-refractivity contribution in [2.24, 2.45) is 5.92 Å². The molecule has 0 aliphatic heterocycles. The molecule has 128 valence electrons. The molecular weight excluding hydrogens is 288 g/mol. The molecule has 0 spiro atoms.